The molecule has 1 aromatic heterocycles. The van der Waals surface area contributed by atoms with E-state index < -0.39 is 0 Å². The molecular weight excluding hydrogens is 260 g/mol. The van der Waals surface area contributed by atoms with Gasteiger partial charge in [-0.2, -0.15) is 0 Å². The fraction of sp³-hybridized carbons (Fsp3) is 0.765. The second-order valence-electron chi connectivity index (χ2n) is 6.24. The van der Waals surface area contributed by atoms with Gasteiger partial charge in [-0.25, -0.2) is 9.97 Å². The Labute approximate surface area is 129 Å². The number of hydrogen-bond acceptors (Lipinski definition) is 4. The van der Waals surface area contributed by atoms with E-state index in [0.29, 0.717) is 12.0 Å². The van der Waals surface area contributed by atoms with Gasteiger partial charge in [0.2, 0.25) is 0 Å². The molecule has 2 rings (SSSR count). The van der Waals surface area contributed by atoms with Gasteiger partial charge in [0.1, 0.15) is 17.5 Å². The standard InChI is InChI=1S/C17H30N4/c1-4-6-7-8-13(3)19-16-12-15(18-11-5-2)20-17(21-16)14-9-10-14/h12-14H,4-11H2,1-3H3,(H2,18,19,20,21). The van der Waals surface area contributed by atoms with Gasteiger partial charge < -0.3 is 10.6 Å². The van der Waals surface area contributed by atoms with Crippen LogP contribution in [0.4, 0.5) is 11.6 Å². The van der Waals surface area contributed by atoms with Crippen molar-refractivity contribution in [3.63, 3.8) is 0 Å². The van der Waals surface area contributed by atoms with Gasteiger partial charge in [0.15, 0.2) is 0 Å². The molecule has 1 heterocycles. The van der Waals surface area contributed by atoms with Crippen molar-refractivity contribution in [2.24, 2.45) is 0 Å². The lowest BCUT2D eigenvalue weighted by Crippen LogP contribution is -2.17. The summed E-state index contributed by atoms with van der Waals surface area (Å²) in [5, 5.41) is 6.94. The summed E-state index contributed by atoms with van der Waals surface area (Å²) in [6.45, 7) is 7.63. The minimum absolute atomic E-state index is 0.470. The van der Waals surface area contributed by atoms with E-state index >= 15 is 0 Å². The number of nitrogens with one attached hydrogen (secondary N) is 2. The molecule has 4 nitrogen and oxygen atoms in total. The monoisotopic (exact) mass is 290 g/mol. The largest absolute Gasteiger partial charge is 0.370 e. The third-order valence-electron chi connectivity index (χ3n) is 3.88. The Morgan fingerprint density at radius 2 is 1.90 bits per heavy atom. The van der Waals surface area contributed by atoms with Crippen LogP contribution in [-0.4, -0.2) is 22.6 Å². The molecule has 2 N–H and O–H groups in total. The molecule has 1 saturated carbocycles. The lowest BCUT2D eigenvalue weighted by atomic mass is 10.1. The molecule has 1 aromatic rings. The van der Waals surface area contributed by atoms with Crippen LogP contribution in [0.15, 0.2) is 6.07 Å². The molecule has 1 aliphatic carbocycles. The summed E-state index contributed by atoms with van der Waals surface area (Å²) < 4.78 is 0. The number of aromatic nitrogens is 2. The fourth-order valence-corrected chi connectivity index (χ4v) is 2.43. The summed E-state index contributed by atoms with van der Waals surface area (Å²) in [6.07, 6.45) is 8.66. The SMILES string of the molecule is CCCCCC(C)Nc1cc(NCCC)nc(C2CC2)n1. The summed E-state index contributed by atoms with van der Waals surface area (Å²) >= 11 is 0. The average molecular weight is 290 g/mol. The van der Waals surface area contributed by atoms with Gasteiger partial charge in [0.05, 0.1) is 0 Å². The molecule has 21 heavy (non-hydrogen) atoms. The smallest absolute Gasteiger partial charge is 0.136 e. The molecule has 4 heteroatoms. The van der Waals surface area contributed by atoms with Crippen LogP contribution in [-0.2, 0) is 0 Å². The zero-order chi connectivity index (χ0) is 15.1. The highest BCUT2D eigenvalue weighted by atomic mass is 15.1. The van der Waals surface area contributed by atoms with Gasteiger partial charge in [-0.1, -0.05) is 33.1 Å². The van der Waals surface area contributed by atoms with Gasteiger partial charge in [0.25, 0.3) is 0 Å². The van der Waals surface area contributed by atoms with Crippen molar-refractivity contribution in [1.29, 1.82) is 0 Å². The molecule has 118 valence electrons. The van der Waals surface area contributed by atoms with Crippen LogP contribution in [0.5, 0.6) is 0 Å². The Balaban J connectivity index is 1.97. The Hall–Kier alpha value is -1.32. The number of anilines is 2. The summed E-state index contributed by atoms with van der Waals surface area (Å²) in [6, 6.07) is 2.52. The summed E-state index contributed by atoms with van der Waals surface area (Å²) in [5.74, 6) is 3.55. The highest BCUT2D eigenvalue weighted by Gasteiger charge is 2.27. The topological polar surface area (TPSA) is 49.8 Å². The number of hydrogen-bond donors (Lipinski definition) is 2. The van der Waals surface area contributed by atoms with Crippen molar-refractivity contribution in [3.05, 3.63) is 11.9 Å². The van der Waals surface area contributed by atoms with Gasteiger partial charge in [0, 0.05) is 24.6 Å². The first-order chi connectivity index (χ1) is 10.2. The minimum atomic E-state index is 0.470. The first-order valence-corrected chi connectivity index (χ1v) is 8.62. The second-order valence-corrected chi connectivity index (χ2v) is 6.24. The van der Waals surface area contributed by atoms with E-state index in [0.717, 1.165) is 30.4 Å². The lowest BCUT2D eigenvalue weighted by molar-refractivity contribution is 0.613. The lowest BCUT2D eigenvalue weighted by Gasteiger charge is -2.16. The van der Waals surface area contributed by atoms with E-state index in [1.165, 1.54) is 38.5 Å². The van der Waals surface area contributed by atoms with Gasteiger partial charge in [-0.05, 0) is 32.6 Å². The first-order valence-electron chi connectivity index (χ1n) is 8.62. The van der Waals surface area contributed by atoms with Crippen LogP contribution in [0, 0.1) is 0 Å². The minimum Gasteiger partial charge on any atom is -0.370 e. The molecule has 1 atom stereocenters. The van der Waals surface area contributed by atoms with Crippen LogP contribution in [0.2, 0.25) is 0 Å². The van der Waals surface area contributed by atoms with Crippen LogP contribution < -0.4 is 10.6 Å². The first kappa shape index (κ1) is 16.1. The van der Waals surface area contributed by atoms with Crippen LogP contribution in [0.25, 0.3) is 0 Å². The van der Waals surface area contributed by atoms with Crippen molar-refractivity contribution < 1.29 is 0 Å². The summed E-state index contributed by atoms with van der Waals surface area (Å²) in [5.41, 5.74) is 0. The number of nitrogens with zero attached hydrogens (tertiary/aromatic N) is 2. The highest BCUT2D eigenvalue weighted by molar-refractivity contribution is 5.48. The molecule has 0 saturated heterocycles. The van der Waals surface area contributed by atoms with Crippen molar-refractivity contribution in [3.8, 4) is 0 Å². The van der Waals surface area contributed by atoms with Gasteiger partial charge >= 0.3 is 0 Å². The number of unbranched alkanes of at least 4 members (excludes halogenated alkanes) is 2. The number of rotatable bonds is 10. The van der Waals surface area contributed by atoms with Crippen molar-refractivity contribution in [2.75, 3.05) is 17.2 Å². The molecule has 0 radical (unpaired) electrons. The van der Waals surface area contributed by atoms with E-state index in [4.69, 9.17) is 4.98 Å². The van der Waals surface area contributed by atoms with Crippen LogP contribution >= 0.6 is 0 Å². The molecule has 0 aliphatic heterocycles. The van der Waals surface area contributed by atoms with Crippen molar-refractivity contribution in [2.45, 2.75) is 77.7 Å². The van der Waals surface area contributed by atoms with E-state index in [2.05, 4.69) is 42.5 Å². The Morgan fingerprint density at radius 1 is 1.14 bits per heavy atom. The predicted octanol–water partition coefficient (Wildman–Crippen LogP) is 4.56. The molecular formula is C17H30N4. The molecule has 0 bridgehead atoms. The molecule has 1 fully saturated rings. The molecule has 0 spiro atoms. The maximum Gasteiger partial charge on any atom is 0.136 e. The van der Waals surface area contributed by atoms with Gasteiger partial charge in [-0.3, -0.25) is 0 Å². The third-order valence-corrected chi connectivity index (χ3v) is 3.88. The quantitative estimate of drug-likeness (QED) is 0.620. The maximum atomic E-state index is 4.71. The summed E-state index contributed by atoms with van der Waals surface area (Å²) in [4.78, 5) is 9.36. The van der Waals surface area contributed by atoms with E-state index in [1.54, 1.807) is 0 Å². The maximum absolute atomic E-state index is 4.71. The van der Waals surface area contributed by atoms with Crippen LogP contribution in [0.3, 0.4) is 0 Å². The van der Waals surface area contributed by atoms with Crippen molar-refractivity contribution >= 4 is 11.6 Å². The zero-order valence-electron chi connectivity index (χ0n) is 13.8. The molecule has 0 amide bonds. The Bertz CT molecular complexity index is 429. The summed E-state index contributed by atoms with van der Waals surface area (Å²) in [7, 11) is 0. The van der Waals surface area contributed by atoms with Crippen LogP contribution in [0.1, 0.15) is 77.5 Å². The van der Waals surface area contributed by atoms with E-state index in [1.807, 2.05) is 0 Å². The third kappa shape index (κ3) is 5.52. The van der Waals surface area contributed by atoms with E-state index in [-0.39, 0.29) is 0 Å². The Morgan fingerprint density at radius 3 is 2.57 bits per heavy atom. The fourth-order valence-electron chi connectivity index (χ4n) is 2.43. The predicted molar refractivity (Wildman–Crippen MR) is 90.0 cm³/mol. The normalized spacial score (nSPS) is 15.8. The average Bonchev–Trinajstić information content (AvgIpc) is 3.30. The van der Waals surface area contributed by atoms with Crippen molar-refractivity contribution in [1.82, 2.24) is 9.97 Å². The zero-order valence-corrected chi connectivity index (χ0v) is 13.8. The second kappa shape index (κ2) is 8.20. The molecule has 0 aromatic carbocycles. The Kier molecular flexibility index (Phi) is 6.27. The molecule has 1 unspecified atom stereocenters. The van der Waals surface area contributed by atoms with E-state index in [9.17, 15) is 0 Å². The highest BCUT2D eigenvalue weighted by Crippen LogP contribution is 2.38. The molecule has 1 aliphatic rings. The van der Waals surface area contributed by atoms with Gasteiger partial charge in [-0.15, -0.1) is 0 Å².